The van der Waals surface area contributed by atoms with E-state index in [4.69, 9.17) is 0 Å². The number of hydrogen-bond acceptors (Lipinski definition) is 2. The number of carbonyl (C=O) groups is 1. The highest BCUT2D eigenvalue weighted by molar-refractivity contribution is 14.0. The minimum atomic E-state index is -0.0456. The van der Waals surface area contributed by atoms with E-state index in [1.54, 1.807) is 0 Å². The van der Waals surface area contributed by atoms with Crippen LogP contribution in [0.2, 0.25) is 0 Å². The maximum absolute atomic E-state index is 11.6. The Bertz CT molecular complexity index is 519. The molecule has 1 amide bonds. The average molecular weight is 446 g/mol. The number of benzene rings is 1. The second-order valence-electron chi connectivity index (χ2n) is 5.74. The molecule has 0 heterocycles. The van der Waals surface area contributed by atoms with Crippen molar-refractivity contribution in [2.45, 2.75) is 40.0 Å². The second-order valence-corrected chi connectivity index (χ2v) is 5.74. The quantitative estimate of drug-likeness (QED) is 0.327. The highest BCUT2D eigenvalue weighted by Crippen LogP contribution is 2.15. The van der Waals surface area contributed by atoms with Crippen LogP contribution in [0.4, 0.5) is 0 Å². The Hall–Kier alpha value is -1.31. The van der Waals surface area contributed by atoms with Crippen LogP contribution in [0.15, 0.2) is 29.3 Å². The Morgan fingerprint density at radius 2 is 1.96 bits per heavy atom. The summed E-state index contributed by atoms with van der Waals surface area (Å²) in [6.07, 6.45) is 0.932. The number of hydrogen-bond donors (Lipinski definition) is 3. The van der Waals surface area contributed by atoms with Crippen LogP contribution in [0.1, 0.15) is 44.2 Å². The molecule has 0 aliphatic rings. The van der Waals surface area contributed by atoms with Crippen molar-refractivity contribution >= 4 is 35.8 Å². The molecule has 0 spiro atoms. The maximum Gasteiger partial charge on any atom is 0.241 e. The monoisotopic (exact) mass is 446 g/mol. The number of amides is 1. The lowest BCUT2D eigenvalue weighted by Gasteiger charge is -2.16. The van der Waals surface area contributed by atoms with Gasteiger partial charge in [-0.2, -0.15) is 0 Å². The first-order valence-corrected chi connectivity index (χ1v) is 8.42. The third kappa shape index (κ3) is 9.10. The largest absolute Gasteiger partial charge is 0.357 e. The van der Waals surface area contributed by atoms with Gasteiger partial charge in [-0.25, -0.2) is 4.99 Å². The summed E-state index contributed by atoms with van der Waals surface area (Å²) < 4.78 is 0. The normalized spacial score (nSPS) is 12.1. The van der Waals surface area contributed by atoms with E-state index in [0.29, 0.717) is 18.4 Å². The first kappa shape index (κ1) is 22.7. The zero-order valence-electron chi connectivity index (χ0n) is 15.2. The van der Waals surface area contributed by atoms with E-state index in [1.165, 1.54) is 11.1 Å². The summed E-state index contributed by atoms with van der Waals surface area (Å²) >= 11 is 0. The van der Waals surface area contributed by atoms with Gasteiger partial charge in [-0.05, 0) is 31.7 Å². The lowest BCUT2D eigenvalue weighted by Crippen LogP contribution is -2.40. The number of nitrogens with zero attached hydrogens (tertiary/aromatic N) is 1. The molecule has 0 bridgehead atoms. The standard InChI is InChI=1S/C18H30N4O.HI/c1-5-10-20-17(23)13-22-18(19-6-2)21-12-15(4)16-9-7-8-14(3)11-16;/h7-9,11,15H,5-6,10,12-13H2,1-4H3,(H,20,23)(H2,19,21,22);1H. The molecule has 136 valence electrons. The van der Waals surface area contributed by atoms with Crippen LogP contribution in [-0.4, -0.2) is 38.0 Å². The zero-order chi connectivity index (χ0) is 17.1. The summed E-state index contributed by atoms with van der Waals surface area (Å²) in [5, 5.41) is 9.31. The molecule has 1 unspecified atom stereocenters. The molecule has 6 heteroatoms. The Balaban J connectivity index is 0.00000529. The van der Waals surface area contributed by atoms with Gasteiger partial charge in [-0.15, -0.1) is 24.0 Å². The number of nitrogens with one attached hydrogen (secondary N) is 3. The molecule has 3 N–H and O–H groups in total. The molecule has 0 fully saturated rings. The summed E-state index contributed by atoms with van der Waals surface area (Å²) in [5.41, 5.74) is 2.57. The molecule has 0 aliphatic carbocycles. The van der Waals surface area contributed by atoms with Crippen molar-refractivity contribution in [2.75, 3.05) is 26.2 Å². The lowest BCUT2D eigenvalue weighted by atomic mass is 9.99. The Morgan fingerprint density at radius 1 is 1.21 bits per heavy atom. The van der Waals surface area contributed by atoms with Gasteiger partial charge in [-0.1, -0.05) is 43.7 Å². The summed E-state index contributed by atoms with van der Waals surface area (Å²) in [4.78, 5) is 16.0. The Kier molecular flexibility index (Phi) is 12.3. The van der Waals surface area contributed by atoms with Crippen molar-refractivity contribution in [3.05, 3.63) is 35.4 Å². The SMILES string of the molecule is CCCNC(=O)CN=C(NCC)NCC(C)c1cccc(C)c1.I. The fourth-order valence-electron chi connectivity index (χ4n) is 2.16. The van der Waals surface area contributed by atoms with Crippen LogP contribution in [-0.2, 0) is 4.79 Å². The van der Waals surface area contributed by atoms with Crippen LogP contribution < -0.4 is 16.0 Å². The number of rotatable bonds is 8. The molecule has 5 nitrogen and oxygen atoms in total. The van der Waals surface area contributed by atoms with E-state index in [9.17, 15) is 4.79 Å². The zero-order valence-corrected chi connectivity index (χ0v) is 17.5. The fourth-order valence-corrected chi connectivity index (χ4v) is 2.16. The molecule has 0 saturated heterocycles. The van der Waals surface area contributed by atoms with Gasteiger partial charge >= 0.3 is 0 Å². The van der Waals surface area contributed by atoms with Crippen molar-refractivity contribution in [3.8, 4) is 0 Å². The fraction of sp³-hybridized carbons (Fsp3) is 0.556. The Labute approximate surface area is 163 Å². The van der Waals surface area contributed by atoms with E-state index < -0.39 is 0 Å². The number of carbonyl (C=O) groups excluding carboxylic acids is 1. The highest BCUT2D eigenvalue weighted by atomic mass is 127. The van der Waals surface area contributed by atoms with E-state index in [1.807, 2.05) is 13.8 Å². The summed E-state index contributed by atoms with van der Waals surface area (Å²) in [5.74, 6) is 1.00. The van der Waals surface area contributed by atoms with Crippen molar-refractivity contribution in [2.24, 2.45) is 4.99 Å². The molecular weight excluding hydrogens is 415 g/mol. The molecule has 0 aromatic heterocycles. The summed E-state index contributed by atoms with van der Waals surface area (Å²) in [7, 11) is 0. The van der Waals surface area contributed by atoms with Crippen molar-refractivity contribution in [1.82, 2.24) is 16.0 Å². The van der Waals surface area contributed by atoms with E-state index in [-0.39, 0.29) is 36.4 Å². The van der Waals surface area contributed by atoms with Crippen LogP contribution in [0.3, 0.4) is 0 Å². The third-order valence-corrected chi connectivity index (χ3v) is 3.48. The average Bonchev–Trinajstić information content (AvgIpc) is 2.55. The van der Waals surface area contributed by atoms with E-state index in [0.717, 1.165) is 19.5 Å². The minimum Gasteiger partial charge on any atom is -0.357 e. The lowest BCUT2D eigenvalue weighted by molar-refractivity contribution is -0.119. The van der Waals surface area contributed by atoms with Crippen molar-refractivity contribution in [3.63, 3.8) is 0 Å². The predicted octanol–water partition coefficient (Wildman–Crippen LogP) is 2.80. The van der Waals surface area contributed by atoms with Crippen molar-refractivity contribution in [1.29, 1.82) is 0 Å². The van der Waals surface area contributed by atoms with Gasteiger partial charge in [0.1, 0.15) is 6.54 Å². The first-order valence-electron chi connectivity index (χ1n) is 8.42. The molecule has 24 heavy (non-hydrogen) atoms. The van der Waals surface area contributed by atoms with E-state index >= 15 is 0 Å². The molecule has 0 radical (unpaired) electrons. The minimum absolute atomic E-state index is 0. The molecule has 1 rings (SSSR count). The van der Waals surface area contributed by atoms with Crippen LogP contribution in [0, 0.1) is 6.92 Å². The summed E-state index contributed by atoms with van der Waals surface area (Å²) in [6.45, 7) is 10.7. The number of aryl methyl sites for hydroxylation is 1. The van der Waals surface area contributed by atoms with Gasteiger partial charge in [0.2, 0.25) is 5.91 Å². The number of guanidine groups is 1. The second kappa shape index (κ2) is 13.0. The molecule has 1 atom stereocenters. The molecule has 0 saturated carbocycles. The molecular formula is C18H31IN4O. The highest BCUT2D eigenvalue weighted by Gasteiger charge is 2.07. The van der Waals surface area contributed by atoms with E-state index in [2.05, 4.69) is 59.1 Å². The molecule has 0 aliphatic heterocycles. The maximum atomic E-state index is 11.6. The van der Waals surface area contributed by atoms with Crippen LogP contribution in [0.25, 0.3) is 0 Å². The van der Waals surface area contributed by atoms with Gasteiger partial charge in [-0.3, -0.25) is 4.79 Å². The summed E-state index contributed by atoms with van der Waals surface area (Å²) in [6, 6.07) is 8.53. The van der Waals surface area contributed by atoms with Gasteiger partial charge in [0.15, 0.2) is 5.96 Å². The van der Waals surface area contributed by atoms with Gasteiger partial charge in [0, 0.05) is 19.6 Å². The smallest absolute Gasteiger partial charge is 0.241 e. The third-order valence-electron chi connectivity index (χ3n) is 3.48. The van der Waals surface area contributed by atoms with Crippen LogP contribution in [0.5, 0.6) is 0 Å². The molecule has 1 aromatic carbocycles. The van der Waals surface area contributed by atoms with Gasteiger partial charge in [0.05, 0.1) is 0 Å². The van der Waals surface area contributed by atoms with Crippen molar-refractivity contribution < 1.29 is 4.79 Å². The number of aliphatic imine (C=N–C) groups is 1. The Morgan fingerprint density at radius 3 is 2.58 bits per heavy atom. The predicted molar refractivity (Wildman–Crippen MR) is 112 cm³/mol. The number of halogens is 1. The topological polar surface area (TPSA) is 65.5 Å². The van der Waals surface area contributed by atoms with Crippen LogP contribution >= 0.6 is 24.0 Å². The van der Waals surface area contributed by atoms with Gasteiger partial charge < -0.3 is 16.0 Å². The molecule has 1 aromatic rings. The first-order chi connectivity index (χ1) is 11.1. The van der Waals surface area contributed by atoms with Gasteiger partial charge in [0.25, 0.3) is 0 Å².